The second-order valence-corrected chi connectivity index (χ2v) is 6.51. The van der Waals surface area contributed by atoms with Gasteiger partial charge >= 0.3 is 0 Å². The molecule has 0 spiro atoms. The van der Waals surface area contributed by atoms with Crippen LogP contribution >= 0.6 is 0 Å². The van der Waals surface area contributed by atoms with Crippen LogP contribution in [0.25, 0.3) is 22.4 Å². The molecular formula is C18H20N8O. The number of rotatable bonds is 6. The molecule has 0 fully saturated rings. The molecule has 0 aliphatic carbocycles. The average Bonchev–Trinajstić information content (AvgIpc) is 3.30. The van der Waals surface area contributed by atoms with Gasteiger partial charge in [0.15, 0.2) is 17.3 Å². The van der Waals surface area contributed by atoms with Crippen molar-refractivity contribution in [1.82, 2.24) is 34.9 Å². The zero-order chi connectivity index (χ0) is 18.8. The number of aromatic nitrogens is 7. The maximum Gasteiger partial charge on any atom is 0.228 e. The summed E-state index contributed by atoms with van der Waals surface area (Å²) in [4.78, 5) is 17.8. The van der Waals surface area contributed by atoms with Crippen molar-refractivity contribution in [2.45, 2.75) is 26.2 Å². The third kappa shape index (κ3) is 3.48. The fourth-order valence-corrected chi connectivity index (χ4v) is 2.68. The Kier molecular flexibility index (Phi) is 4.49. The Morgan fingerprint density at radius 1 is 1.15 bits per heavy atom. The second kappa shape index (κ2) is 7.10. The van der Waals surface area contributed by atoms with Crippen molar-refractivity contribution < 1.29 is 4.52 Å². The molecule has 9 nitrogen and oxygen atoms in total. The number of nitrogens with one attached hydrogen (secondary N) is 1. The lowest BCUT2D eigenvalue weighted by molar-refractivity contribution is 0.373. The summed E-state index contributed by atoms with van der Waals surface area (Å²) in [5.74, 6) is 2.92. The minimum absolute atomic E-state index is 0.246. The van der Waals surface area contributed by atoms with E-state index in [1.807, 2.05) is 33.0 Å². The van der Waals surface area contributed by atoms with Crippen LogP contribution in [-0.4, -0.2) is 41.4 Å². The van der Waals surface area contributed by atoms with Crippen molar-refractivity contribution in [2.24, 2.45) is 7.05 Å². The summed E-state index contributed by atoms with van der Waals surface area (Å²) >= 11 is 0. The van der Waals surface area contributed by atoms with Gasteiger partial charge in [0.2, 0.25) is 5.89 Å². The van der Waals surface area contributed by atoms with E-state index in [2.05, 4.69) is 35.5 Å². The van der Waals surface area contributed by atoms with E-state index in [4.69, 9.17) is 4.52 Å². The van der Waals surface area contributed by atoms with E-state index in [0.717, 1.165) is 28.2 Å². The monoisotopic (exact) mass is 364 g/mol. The number of hydrogen-bond donors (Lipinski definition) is 1. The molecule has 4 aromatic rings. The predicted molar refractivity (Wildman–Crippen MR) is 100 cm³/mol. The normalized spacial score (nSPS) is 11.4. The maximum atomic E-state index is 5.29. The Hall–Kier alpha value is -3.36. The molecule has 1 N–H and O–H groups in total. The molecule has 0 unspecified atom stereocenters. The quantitative estimate of drug-likeness (QED) is 0.556. The summed E-state index contributed by atoms with van der Waals surface area (Å²) in [6, 6.07) is 3.76. The van der Waals surface area contributed by atoms with Gasteiger partial charge in [-0.15, -0.1) is 0 Å². The number of hydrogen-bond acceptors (Lipinski definition) is 8. The lowest BCUT2D eigenvalue weighted by Gasteiger charge is -2.08. The smallest absolute Gasteiger partial charge is 0.228 e. The van der Waals surface area contributed by atoms with E-state index >= 15 is 0 Å². The summed E-state index contributed by atoms with van der Waals surface area (Å²) in [6.45, 7) is 4.68. The number of fused-ring (bicyclic) bond motifs is 1. The molecule has 4 aromatic heterocycles. The Morgan fingerprint density at radius 3 is 2.70 bits per heavy atom. The number of nitrogens with zero attached hydrogens (tertiary/aromatic N) is 7. The van der Waals surface area contributed by atoms with Gasteiger partial charge in [-0.25, -0.2) is 9.97 Å². The molecule has 4 rings (SSSR count). The minimum Gasteiger partial charge on any atom is -0.369 e. The minimum atomic E-state index is 0.246. The highest BCUT2D eigenvalue weighted by Crippen LogP contribution is 2.24. The summed E-state index contributed by atoms with van der Waals surface area (Å²) in [7, 11) is 1.86. The van der Waals surface area contributed by atoms with Crippen LogP contribution in [-0.2, 0) is 13.5 Å². The first kappa shape index (κ1) is 17.1. The van der Waals surface area contributed by atoms with E-state index in [9.17, 15) is 0 Å². The van der Waals surface area contributed by atoms with Crippen molar-refractivity contribution in [3.63, 3.8) is 0 Å². The molecule has 9 heteroatoms. The van der Waals surface area contributed by atoms with Crippen molar-refractivity contribution in [1.29, 1.82) is 0 Å². The topological polar surface area (TPSA) is 107 Å². The van der Waals surface area contributed by atoms with Gasteiger partial charge in [-0.1, -0.05) is 19.0 Å². The fraction of sp³-hybridized carbons (Fsp3) is 0.333. The van der Waals surface area contributed by atoms with Crippen LogP contribution in [0.4, 0.5) is 5.82 Å². The van der Waals surface area contributed by atoms with E-state index in [1.54, 1.807) is 23.3 Å². The lowest BCUT2D eigenvalue weighted by Crippen LogP contribution is -2.08. The Morgan fingerprint density at radius 2 is 1.96 bits per heavy atom. The number of pyridine rings is 1. The Balaban J connectivity index is 1.58. The molecule has 0 bridgehead atoms. The summed E-state index contributed by atoms with van der Waals surface area (Å²) in [6.07, 6.45) is 5.82. The second-order valence-electron chi connectivity index (χ2n) is 6.51. The van der Waals surface area contributed by atoms with Crippen LogP contribution < -0.4 is 5.32 Å². The molecule has 4 heterocycles. The highest BCUT2D eigenvalue weighted by molar-refractivity contribution is 5.88. The van der Waals surface area contributed by atoms with Crippen LogP contribution in [0.2, 0.25) is 0 Å². The molecule has 27 heavy (non-hydrogen) atoms. The van der Waals surface area contributed by atoms with Gasteiger partial charge in [0.1, 0.15) is 5.82 Å². The third-order valence-corrected chi connectivity index (χ3v) is 4.16. The van der Waals surface area contributed by atoms with Gasteiger partial charge in [-0.05, 0) is 12.1 Å². The van der Waals surface area contributed by atoms with E-state index in [1.165, 1.54) is 0 Å². The number of aryl methyl sites for hydroxylation is 1. The van der Waals surface area contributed by atoms with Crippen LogP contribution in [0, 0.1) is 0 Å². The highest BCUT2D eigenvalue weighted by Gasteiger charge is 2.14. The SMILES string of the molecule is CC(C)c1noc(CCNc2nc(-c3ccncc3)nc3c2cnn3C)n1. The number of anilines is 1. The predicted octanol–water partition coefficient (Wildman–Crippen LogP) is 2.59. The molecule has 0 aromatic carbocycles. The van der Waals surface area contributed by atoms with Crippen molar-refractivity contribution in [3.05, 3.63) is 42.4 Å². The summed E-state index contributed by atoms with van der Waals surface area (Å²) < 4.78 is 7.03. The molecular weight excluding hydrogens is 344 g/mol. The molecule has 138 valence electrons. The third-order valence-electron chi connectivity index (χ3n) is 4.16. The van der Waals surface area contributed by atoms with E-state index in [0.29, 0.717) is 24.7 Å². The molecule has 0 aliphatic heterocycles. The van der Waals surface area contributed by atoms with Crippen molar-refractivity contribution >= 4 is 16.9 Å². The van der Waals surface area contributed by atoms with Gasteiger partial charge in [-0.3, -0.25) is 9.67 Å². The zero-order valence-corrected chi connectivity index (χ0v) is 15.4. The first-order valence-corrected chi connectivity index (χ1v) is 8.78. The van der Waals surface area contributed by atoms with Gasteiger partial charge in [0.25, 0.3) is 0 Å². The first-order chi connectivity index (χ1) is 13.1. The van der Waals surface area contributed by atoms with Crippen molar-refractivity contribution in [3.8, 4) is 11.4 Å². The van der Waals surface area contributed by atoms with Gasteiger partial charge in [-0.2, -0.15) is 10.1 Å². The molecule has 0 aliphatic rings. The van der Waals surface area contributed by atoms with Gasteiger partial charge in [0, 0.05) is 43.9 Å². The molecule has 0 saturated heterocycles. The van der Waals surface area contributed by atoms with Crippen LogP contribution in [0.3, 0.4) is 0 Å². The van der Waals surface area contributed by atoms with E-state index < -0.39 is 0 Å². The van der Waals surface area contributed by atoms with Crippen LogP contribution in [0.15, 0.2) is 35.2 Å². The lowest BCUT2D eigenvalue weighted by atomic mass is 10.2. The zero-order valence-electron chi connectivity index (χ0n) is 15.4. The van der Waals surface area contributed by atoms with Crippen molar-refractivity contribution in [2.75, 3.05) is 11.9 Å². The van der Waals surface area contributed by atoms with Gasteiger partial charge in [0.05, 0.1) is 11.6 Å². The molecule has 0 atom stereocenters. The fourth-order valence-electron chi connectivity index (χ4n) is 2.68. The van der Waals surface area contributed by atoms with Crippen LogP contribution in [0.5, 0.6) is 0 Å². The van der Waals surface area contributed by atoms with E-state index in [-0.39, 0.29) is 5.92 Å². The maximum absolute atomic E-state index is 5.29. The molecule has 0 saturated carbocycles. The standard InChI is InChI=1S/C18H20N8O/c1-11(2)15-22-14(27-25-15)6-9-20-17-13-10-21-26(3)18(13)24-16(23-17)12-4-7-19-8-5-12/h4-5,7-8,10-11H,6,9H2,1-3H3,(H,20,23,24). The first-order valence-electron chi connectivity index (χ1n) is 8.78. The Labute approximate surface area is 155 Å². The molecule has 0 amide bonds. The van der Waals surface area contributed by atoms with Gasteiger partial charge < -0.3 is 9.84 Å². The van der Waals surface area contributed by atoms with Crippen LogP contribution in [0.1, 0.15) is 31.5 Å². The Bertz CT molecular complexity index is 1050. The largest absolute Gasteiger partial charge is 0.369 e. The molecule has 0 radical (unpaired) electrons. The average molecular weight is 364 g/mol. The highest BCUT2D eigenvalue weighted by atomic mass is 16.5. The summed E-state index contributed by atoms with van der Waals surface area (Å²) in [5, 5.41) is 12.5. The summed E-state index contributed by atoms with van der Waals surface area (Å²) in [5.41, 5.74) is 1.66.